The third-order valence-corrected chi connectivity index (χ3v) is 4.59. The molecule has 0 spiro atoms. The van der Waals surface area contributed by atoms with Crippen molar-refractivity contribution in [2.24, 2.45) is 5.41 Å². The van der Waals surface area contributed by atoms with Gasteiger partial charge in [0.05, 0.1) is 5.00 Å². The van der Waals surface area contributed by atoms with Crippen LogP contribution in [-0.2, 0) is 0 Å². The third-order valence-electron chi connectivity index (χ3n) is 3.45. The van der Waals surface area contributed by atoms with Gasteiger partial charge in [-0.3, -0.25) is 0 Å². The van der Waals surface area contributed by atoms with E-state index in [9.17, 15) is 4.79 Å². The molecule has 1 aromatic heterocycles. The van der Waals surface area contributed by atoms with Crippen LogP contribution in [-0.4, -0.2) is 24.2 Å². The number of anilines is 1. The topological polar surface area (TPSA) is 40.5 Å². The van der Waals surface area contributed by atoms with E-state index in [0.29, 0.717) is 10.3 Å². The second kappa shape index (κ2) is 4.69. The Bertz CT molecular complexity index is 411. The van der Waals surface area contributed by atoms with Gasteiger partial charge in [0, 0.05) is 13.1 Å². The molecule has 1 saturated heterocycles. The normalized spacial score (nSPS) is 20.0. The van der Waals surface area contributed by atoms with Gasteiger partial charge >= 0.3 is 5.97 Å². The summed E-state index contributed by atoms with van der Waals surface area (Å²) in [5.74, 6) is -0.823. The monoisotopic (exact) mass is 253 g/mol. The van der Waals surface area contributed by atoms with Crippen molar-refractivity contribution in [3.63, 3.8) is 0 Å². The molecule has 0 aliphatic carbocycles. The number of carboxylic acids is 1. The summed E-state index contributed by atoms with van der Waals surface area (Å²) in [5, 5.41) is 10.0. The van der Waals surface area contributed by atoms with E-state index in [1.807, 2.05) is 6.07 Å². The maximum atomic E-state index is 10.9. The van der Waals surface area contributed by atoms with Crippen molar-refractivity contribution in [2.45, 2.75) is 33.1 Å². The molecule has 0 saturated carbocycles. The Labute approximate surface area is 106 Å². The van der Waals surface area contributed by atoms with Crippen LogP contribution in [0.3, 0.4) is 0 Å². The Morgan fingerprint density at radius 1 is 1.35 bits per heavy atom. The minimum Gasteiger partial charge on any atom is -0.477 e. The average Bonchev–Trinajstić information content (AvgIpc) is 2.65. The zero-order chi connectivity index (χ0) is 12.5. The quantitative estimate of drug-likeness (QED) is 0.877. The summed E-state index contributed by atoms with van der Waals surface area (Å²) in [4.78, 5) is 13.6. The second-order valence-corrected chi connectivity index (χ2v) is 6.51. The van der Waals surface area contributed by atoms with Crippen LogP contribution in [0, 0.1) is 5.41 Å². The van der Waals surface area contributed by atoms with Crippen molar-refractivity contribution >= 4 is 22.3 Å². The number of nitrogens with zero attached hydrogens (tertiary/aromatic N) is 1. The minimum absolute atomic E-state index is 0.418. The molecular weight excluding hydrogens is 234 g/mol. The number of carboxylic acid groups (broad SMARTS) is 1. The van der Waals surface area contributed by atoms with Crippen molar-refractivity contribution in [1.29, 1.82) is 0 Å². The van der Waals surface area contributed by atoms with Crippen molar-refractivity contribution in [3.05, 3.63) is 17.0 Å². The number of aromatic carboxylic acids is 1. The van der Waals surface area contributed by atoms with Gasteiger partial charge in [0.1, 0.15) is 4.88 Å². The van der Waals surface area contributed by atoms with Gasteiger partial charge in [-0.05, 0) is 36.8 Å². The molecule has 3 nitrogen and oxygen atoms in total. The van der Waals surface area contributed by atoms with E-state index in [2.05, 4.69) is 18.7 Å². The van der Waals surface area contributed by atoms with Crippen LogP contribution in [0.2, 0.25) is 0 Å². The molecule has 0 amide bonds. The number of thiophene rings is 1. The summed E-state index contributed by atoms with van der Waals surface area (Å²) in [6, 6.07) is 3.64. The van der Waals surface area contributed by atoms with Crippen molar-refractivity contribution in [3.8, 4) is 0 Å². The van der Waals surface area contributed by atoms with E-state index < -0.39 is 5.97 Å². The van der Waals surface area contributed by atoms with Crippen LogP contribution in [0.15, 0.2) is 12.1 Å². The highest BCUT2D eigenvalue weighted by Gasteiger charge is 2.24. The Kier molecular flexibility index (Phi) is 3.43. The zero-order valence-electron chi connectivity index (χ0n) is 10.4. The molecule has 1 fully saturated rings. The lowest BCUT2D eigenvalue weighted by Crippen LogP contribution is -2.23. The highest BCUT2D eigenvalue weighted by Crippen LogP contribution is 2.34. The van der Waals surface area contributed by atoms with Crippen molar-refractivity contribution in [1.82, 2.24) is 0 Å². The van der Waals surface area contributed by atoms with Crippen LogP contribution in [0.4, 0.5) is 5.00 Å². The fourth-order valence-corrected chi connectivity index (χ4v) is 3.15. The zero-order valence-corrected chi connectivity index (χ0v) is 11.2. The number of hydrogen-bond acceptors (Lipinski definition) is 3. The SMILES string of the molecule is CC1(C)CCCN(c2ccc(C(=O)O)s2)CC1. The molecule has 1 aliphatic heterocycles. The lowest BCUT2D eigenvalue weighted by atomic mass is 9.85. The molecule has 17 heavy (non-hydrogen) atoms. The van der Waals surface area contributed by atoms with Crippen LogP contribution in [0.1, 0.15) is 42.8 Å². The summed E-state index contributed by atoms with van der Waals surface area (Å²) in [5.41, 5.74) is 0.418. The molecule has 0 bridgehead atoms. The second-order valence-electron chi connectivity index (χ2n) is 5.45. The first kappa shape index (κ1) is 12.4. The summed E-state index contributed by atoms with van der Waals surface area (Å²) in [6.07, 6.45) is 3.61. The average molecular weight is 253 g/mol. The molecule has 2 rings (SSSR count). The Hall–Kier alpha value is -1.03. The molecule has 2 heterocycles. The van der Waals surface area contributed by atoms with Gasteiger partial charge in [-0.15, -0.1) is 11.3 Å². The smallest absolute Gasteiger partial charge is 0.345 e. The Morgan fingerprint density at radius 3 is 2.76 bits per heavy atom. The first-order valence-electron chi connectivity index (χ1n) is 6.06. The predicted octanol–water partition coefficient (Wildman–Crippen LogP) is 3.46. The molecular formula is C13H19NO2S. The molecule has 4 heteroatoms. The lowest BCUT2D eigenvalue weighted by Gasteiger charge is -2.23. The van der Waals surface area contributed by atoms with Crippen molar-refractivity contribution in [2.75, 3.05) is 18.0 Å². The molecule has 0 radical (unpaired) electrons. The summed E-state index contributed by atoms with van der Waals surface area (Å²) in [7, 11) is 0. The van der Waals surface area contributed by atoms with Gasteiger partial charge in [-0.25, -0.2) is 4.79 Å². The maximum Gasteiger partial charge on any atom is 0.345 e. The van der Waals surface area contributed by atoms with Gasteiger partial charge in [-0.2, -0.15) is 0 Å². The van der Waals surface area contributed by atoms with E-state index in [0.717, 1.165) is 18.1 Å². The van der Waals surface area contributed by atoms with E-state index in [1.165, 1.54) is 30.6 Å². The van der Waals surface area contributed by atoms with Gasteiger partial charge in [0.2, 0.25) is 0 Å². The number of carbonyl (C=O) groups is 1. The highest BCUT2D eigenvalue weighted by atomic mass is 32.1. The highest BCUT2D eigenvalue weighted by molar-refractivity contribution is 7.17. The van der Waals surface area contributed by atoms with Crippen LogP contribution in [0.5, 0.6) is 0 Å². The number of hydrogen-bond donors (Lipinski definition) is 1. The summed E-state index contributed by atoms with van der Waals surface area (Å²) in [6.45, 7) is 6.71. The molecule has 0 aromatic carbocycles. The fourth-order valence-electron chi connectivity index (χ4n) is 2.26. The third kappa shape index (κ3) is 3.00. The largest absolute Gasteiger partial charge is 0.477 e. The van der Waals surface area contributed by atoms with E-state index in [1.54, 1.807) is 6.07 Å². The van der Waals surface area contributed by atoms with Crippen LogP contribution >= 0.6 is 11.3 Å². The lowest BCUT2D eigenvalue weighted by molar-refractivity contribution is 0.0702. The molecule has 1 aromatic rings. The molecule has 0 unspecified atom stereocenters. The Balaban J connectivity index is 2.09. The van der Waals surface area contributed by atoms with Gasteiger partial charge in [-0.1, -0.05) is 13.8 Å². The van der Waals surface area contributed by atoms with Crippen LogP contribution < -0.4 is 4.90 Å². The molecule has 1 N–H and O–H groups in total. The van der Waals surface area contributed by atoms with E-state index in [4.69, 9.17) is 5.11 Å². The van der Waals surface area contributed by atoms with Gasteiger partial charge in [0.15, 0.2) is 0 Å². The number of rotatable bonds is 2. The maximum absolute atomic E-state index is 10.9. The molecule has 1 aliphatic rings. The summed E-state index contributed by atoms with van der Waals surface area (Å²) >= 11 is 1.38. The molecule has 94 valence electrons. The van der Waals surface area contributed by atoms with E-state index >= 15 is 0 Å². The first-order valence-corrected chi connectivity index (χ1v) is 6.88. The minimum atomic E-state index is -0.823. The Morgan fingerprint density at radius 2 is 2.12 bits per heavy atom. The molecule has 0 atom stereocenters. The van der Waals surface area contributed by atoms with Crippen LogP contribution in [0.25, 0.3) is 0 Å². The predicted molar refractivity (Wildman–Crippen MR) is 71.1 cm³/mol. The van der Waals surface area contributed by atoms with Gasteiger partial charge in [0.25, 0.3) is 0 Å². The van der Waals surface area contributed by atoms with Crippen molar-refractivity contribution < 1.29 is 9.90 Å². The summed E-state index contributed by atoms with van der Waals surface area (Å²) < 4.78 is 0. The first-order chi connectivity index (χ1) is 7.98. The van der Waals surface area contributed by atoms with E-state index in [-0.39, 0.29) is 0 Å². The fraction of sp³-hybridized carbons (Fsp3) is 0.615. The van der Waals surface area contributed by atoms with Gasteiger partial charge < -0.3 is 10.0 Å². The standard InChI is InChI=1S/C13H19NO2S/c1-13(2)6-3-8-14(9-7-13)11-5-4-10(17-11)12(15)16/h4-5H,3,6-9H2,1-2H3,(H,15,16).